The van der Waals surface area contributed by atoms with Gasteiger partial charge in [-0.2, -0.15) is 0 Å². The summed E-state index contributed by atoms with van der Waals surface area (Å²) in [6, 6.07) is 55.3. The van der Waals surface area contributed by atoms with Crippen LogP contribution in [0.3, 0.4) is 0 Å². The van der Waals surface area contributed by atoms with Crippen LogP contribution in [0.1, 0.15) is 0 Å². The van der Waals surface area contributed by atoms with Gasteiger partial charge in [0.05, 0.1) is 0 Å². The smallest absolute Gasteiger partial charge is 0.145 e. The lowest BCUT2D eigenvalue weighted by Crippen LogP contribution is -2.47. The minimum atomic E-state index is 1.00. The molecule has 56 heavy (non-hydrogen) atoms. The fourth-order valence-electron chi connectivity index (χ4n) is 8.75. The summed E-state index contributed by atoms with van der Waals surface area (Å²) in [5.41, 5.74) is 25.5. The molecular formula is C48H39B7O. The predicted octanol–water partition coefficient (Wildman–Crippen LogP) is 1.40. The molecule has 8 aromatic carbocycles. The Hall–Kier alpha value is -5.99. The third-order valence-electron chi connectivity index (χ3n) is 12.4. The number of furan rings is 1. The first-order valence-corrected chi connectivity index (χ1v) is 19.7. The maximum atomic E-state index is 6.85. The summed E-state index contributed by atoms with van der Waals surface area (Å²) in [7, 11) is 15.7. The van der Waals surface area contributed by atoms with Crippen LogP contribution in [0, 0.1) is 0 Å². The number of hydrogen-bond donors (Lipinski definition) is 0. The lowest BCUT2D eigenvalue weighted by atomic mass is 9.64. The molecule has 0 N–H and O–H groups in total. The van der Waals surface area contributed by atoms with Crippen LogP contribution in [-0.4, -0.2) is 54.9 Å². The van der Waals surface area contributed by atoms with Crippen molar-refractivity contribution in [3.8, 4) is 66.8 Å². The standard InChI is InChI=1S/C48H39B7O/c49-40-37(43(52)47-38(41(40)50)39-42(51)44(53)45(54)46(55)48(39)56-47)33-13-7-12-32(22-33)36-24-34(30-18-14-28(15-19-30)26-8-3-1-4-9-26)23-35(25-36)31-20-16-29(17-21-31)27-10-5-2-6-11-27/h1-25H,49-55H2. The average molecular weight is 708 g/mol. The lowest BCUT2D eigenvalue weighted by molar-refractivity contribution is 0.675. The number of rotatable bonds is 6. The van der Waals surface area contributed by atoms with Crippen LogP contribution in [0.2, 0.25) is 0 Å². The minimum Gasteiger partial charge on any atom is -0.457 e. The third kappa shape index (κ3) is 6.09. The first-order chi connectivity index (χ1) is 27.2. The maximum absolute atomic E-state index is 6.85. The maximum Gasteiger partial charge on any atom is 0.145 e. The van der Waals surface area contributed by atoms with Crippen molar-refractivity contribution in [3.05, 3.63) is 152 Å². The topological polar surface area (TPSA) is 13.1 Å². The van der Waals surface area contributed by atoms with E-state index in [2.05, 4.69) is 207 Å². The molecule has 0 spiro atoms. The molecule has 8 heteroatoms. The molecule has 0 aliphatic rings. The van der Waals surface area contributed by atoms with Crippen LogP contribution in [-0.2, 0) is 0 Å². The molecule has 9 rings (SSSR count). The fraction of sp³-hybridized carbons (Fsp3) is 0. The second-order valence-corrected chi connectivity index (χ2v) is 15.5. The zero-order chi connectivity index (χ0) is 38.7. The normalized spacial score (nSPS) is 11.4. The molecule has 0 aliphatic carbocycles. The zero-order valence-electron chi connectivity index (χ0n) is 33.3. The summed E-state index contributed by atoms with van der Waals surface area (Å²) in [6.07, 6.45) is 0. The Morgan fingerprint density at radius 3 is 1.09 bits per heavy atom. The minimum absolute atomic E-state index is 1.00. The van der Waals surface area contributed by atoms with Gasteiger partial charge in [0, 0.05) is 10.8 Å². The van der Waals surface area contributed by atoms with Crippen molar-refractivity contribution in [2.24, 2.45) is 0 Å². The summed E-state index contributed by atoms with van der Waals surface area (Å²) < 4.78 is 6.85. The van der Waals surface area contributed by atoms with Crippen molar-refractivity contribution in [1.29, 1.82) is 0 Å². The Morgan fingerprint density at radius 2 is 0.589 bits per heavy atom. The molecule has 1 nitrogen and oxygen atoms in total. The van der Waals surface area contributed by atoms with Crippen LogP contribution in [0.5, 0.6) is 0 Å². The molecule has 1 aromatic heterocycles. The van der Waals surface area contributed by atoms with E-state index in [-0.39, 0.29) is 0 Å². The highest BCUT2D eigenvalue weighted by Crippen LogP contribution is 2.36. The highest BCUT2D eigenvalue weighted by molar-refractivity contribution is 6.69. The van der Waals surface area contributed by atoms with Crippen LogP contribution in [0.25, 0.3) is 88.7 Å². The SMILES string of the molecule is Bc1c(B)c(B)c2c(oc3c(B)c(-c4cccc(-c5cc(-c6ccc(-c7ccccc7)cc6)cc(-c6ccc(-c7ccccc7)cc6)c5)c4)c(B)c(B)c32)c1B. The summed E-state index contributed by atoms with van der Waals surface area (Å²) in [4.78, 5) is 0. The molecule has 0 bridgehead atoms. The van der Waals surface area contributed by atoms with E-state index in [0.29, 0.717) is 0 Å². The molecule has 0 saturated heterocycles. The Balaban J connectivity index is 1.18. The first kappa shape index (κ1) is 35.7. The van der Waals surface area contributed by atoms with E-state index < -0.39 is 0 Å². The van der Waals surface area contributed by atoms with Crippen LogP contribution < -0.4 is 38.2 Å². The van der Waals surface area contributed by atoms with Crippen molar-refractivity contribution in [2.75, 3.05) is 0 Å². The molecule has 0 amide bonds. The average Bonchev–Trinajstić information content (AvgIpc) is 3.67. The molecule has 0 radical (unpaired) electrons. The van der Waals surface area contributed by atoms with Gasteiger partial charge in [-0.1, -0.05) is 155 Å². The highest BCUT2D eigenvalue weighted by atomic mass is 16.3. The van der Waals surface area contributed by atoms with Gasteiger partial charge in [0.1, 0.15) is 66.1 Å². The molecule has 258 valence electrons. The molecule has 9 aromatic rings. The molecule has 0 fully saturated rings. The molecule has 1 heterocycles. The lowest BCUT2D eigenvalue weighted by Gasteiger charge is -2.17. The van der Waals surface area contributed by atoms with E-state index in [9.17, 15) is 0 Å². The molecule has 0 atom stereocenters. The number of hydrogen-bond acceptors (Lipinski definition) is 1. The summed E-state index contributed by atoms with van der Waals surface area (Å²) in [6.45, 7) is 0. The van der Waals surface area contributed by atoms with Crippen molar-refractivity contribution < 1.29 is 4.42 Å². The van der Waals surface area contributed by atoms with Crippen LogP contribution in [0.15, 0.2) is 156 Å². The number of fused-ring (bicyclic) bond motifs is 3. The monoisotopic (exact) mass is 708 g/mol. The van der Waals surface area contributed by atoms with E-state index in [1.807, 2.05) is 0 Å². The van der Waals surface area contributed by atoms with Crippen LogP contribution in [0.4, 0.5) is 0 Å². The van der Waals surface area contributed by atoms with Crippen molar-refractivity contribution in [2.45, 2.75) is 0 Å². The summed E-state index contributed by atoms with van der Waals surface area (Å²) in [5.74, 6) is 0. The Bertz CT molecular complexity index is 2850. The molecular weight excluding hydrogens is 668 g/mol. The number of benzene rings is 8. The summed E-state index contributed by atoms with van der Waals surface area (Å²) in [5, 5.41) is 2.52. The predicted molar refractivity (Wildman–Crippen MR) is 264 cm³/mol. The zero-order valence-corrected chi connectivity index (χ0v) is 33.3. The first-order valence-electron chi connectivity index (χ1n) is 19.7. The van der Waals surface area contributed by atoms with Crippen molar-refractivity contribution >= 4 is 115 Å². The van der Waals surface area contributed by atoms with Gasteiger partial charge in [0.25, 0.3) is 0 Å². The third-order valence-corrected chi connectivity index (χ3v) is 12.4. The van der Waals surface area contributed by atoms with Gasteiger partial charge in [-0.05, 0) is 96.5 Å². The van der Waals surface area contributed by atoms with Crippen molar-refractivity contribution in [1.82, 2.24) is 0 Å². The van der Waals surface area contributed by atoms with Gasteiger partial charge < -0.3 is 4.42 Å². The van der Waals surface area contributed by atoms with Gasteiger partial charge in [-0.25, -0.2) is 0 Å². The van der Waals surface area contributed by atoms with Gasteiger partial charge in [0.15, 0.2) is 0 Å². The quantitative estimate of drug-likeness (QED) is 0.239. The van der Waals surface area contributed by atoms with E-state index >= 15 is 0 Å². The van der Waals surface area contributed by atoms with E-state index in [4.69, 9.17) is 4.42 Å². The second-order valence-electron chi connectivity index (χ2n) is 15.5. The molecule has 0 saturated carbocycles. The molecule has 0 aliphatic heterocycles. The van der Waals surface area contributed by atoms with Crippen LogP contribution >= 0.6 is 0 Å². The summed E-state index contributed by atoms with van der Waals surface area (Å²) >= 11 is 0. The molecule has 0 unspecified atom stereocenters. The Labute approximate surface area is 336 Å². The van der Waals surface area contributed by atoms with E-state index in [0.717, 1.165) is 11.2 Å². The van der Waals surface area contributed by atoms with Gasteiger partial charge in [-0.15, -0.1) is 5.46 Å². The van der Waals surface area contributed by atoms with Crippen molar-refractivity contribution in [3.63, 3.8) is 0 Å². The highest BCUT2D eigenvalue weighted by Gasteiger charge is 2.22. The van der Waals surface area contributed by atoms with E-state index in [1.165, 1.54) is 116 Å². The second kappa shape index (κ2) is 14.3. The van der Waals surface area contributed by atoms with Gasteiger partial charge in [0.2, 0.25) is 0 Å². The van der Waals surface area contributed by atoms with Gasteiger partial charge in [-0.3, -0.25) is 0 Å². The van der Waals surface area contributed by atoms with Gasteiger partial charge >= 0.3 is 0 Å². The largest absolute Gasteiger partial charge is 0.457 e. The fourth-order valence-corrected chi connectivity index (χ4v) is 8.75. The van der Waals surface area contributed by atoms with E-state index in [1.54, 1.807) is 0 Å². The Morgan fingerprint density at radius 1 is 0.250 bits per heavy atom. The Kier molecular flexibility index (Phi) is 9.09.